The fraction of sp³-hybridized carbons (Fsp3) is 0.579. The molecule has 3 heterocycles. The van der Waals surface area contributed by atoms with E-state index in [-0.39, 0.29) is 24.3 Å². The molecule has 1 atom stereocenters. The maximum absolute atomic E-state index is 12.5. The first-order chi connectivity index (χ1) is 13.5. The first-order valence-electron chi connectivity index (χ1n) is 9.52. The van der Waals surface area contributed by atoms with Crippen LogP contribution in [0.15, 0.2) is 14.2 Å². The van der Waals surface area contributed by atoms with E-state index in [0.717, 1.165) is 39.2 Å². The maximum atomic E-state index is 12.5. The van der Waals surface area contributed by atoms with Crippen LogP contribution in [-0.4, -0.2) is 45.2 Å². The second-order valence-corrected chi connectivity index (χ2v) is 9.29. The Morgan fingerprint density at radius 2 is 2.25 bits per heavy atom. The van der Waals surface area contributed by atoms with Crippen LogP contribution in [0.3, 0.4) is 0 Å². The summed E-state index contributed by atoms with van der Waals surface area (Å²) in [5.74, 6) is 1.80. The summed E-state index contributed by atoms with van der Waals surface area (Å²) >= 11 is 3.26. The summed E-state index contributed by atoms with van der Waals surface area (Å²) in [4.78, 5) is 31.2. The van der Waals surface area contributed by atoms with Gasteiger partial charge in [-0.15, -0.1) is 11.3 Å². The van der Waals surface area contributed by atoms with E-state index < -0.39 is 0 Å². The summed E-state index contributed by atoms with van der Waals surface area (Å²) in [6, 6.07) is 0.00856. The number of aromatic nitrogens is 2. The second-order valence-electron chi connectivity index (χ2n) is 6.92. The zero-order valence-corrected chi connectivity index (χ0v) is 18.1. The highest BCUT2D eigenvalue weighted by Gasteiger charge is 2.25. The Kier molecular flexibility index (Phi) is 7.12. The number of aryl methyl sites for hydroxylation is 2. The first kappa shape index (κ1) is 20.9. The molecule has 1 N–H and O–H groups in total. The van der Waals surface area contributed by atoms with Gasteiger partial charge in [0.15, 0.2) is 0 Å². The zero-order chi connectivity index (χ0) is 20.1. The molecule has 152 valence electrons. The van der Waals surface area contributed by atoms with E-state index in [0.29, 0.717) is 25.9 Å². The van der Waals surface area contributed by atoms with E-state index in [2.05, 4.69) is 22.4 Å². The van der Waals surface area contributed by atoms with Crippen molar-refractivity contribution in [3.8, 4) is 0 Å². The number of hydrogen-bond donors (Lipinski definition) is 1. The minimum atomic E-state index is -0.0324. The van der Waals surface area contributed by atoms with Crippen LogP contribution >= 0.6 is 23.1 Å². The summed E-state index contributed by atoms with van der Waals surface area (Å²) in [6.45, 7) is 6.96. The lowest BCUT2D eigenvalue weighted by Gasteiger charge is -2.21. The smallest absolute Gasteiger partial charge is 0.226 e. The van der Waals surface area contributed by atoms with Crippen LogP contribution in [0.25, 0.3) is 0 Å². The molecule has 1 fully saturated rings. The summed E-state index contributed by atoms with van der Waals surface area (Å²) in [6.07, 6.45) is 2.13. The molecule has 0 aromatic carbocycles. The van der Waals surface area contributed by atoms with Gasteiger partial charge in [-0.1, -0.05) is 23.8 Å². The third-order valence-corrected chi connectivity index (χ3v) is 6.79. The lowest BCUT2D eigenvalue weighted by molar-refractivity contribution is -0.131. The molecule has 1 saturated heterocycles. The number of nitrogens with one attached hydrogen (secondary N) is 1. The zero-order valence-electron chi connectivity index (χ0n) is 16.5. The Hall–Kier alpha value is -1.87. The van der Waals surface area contributed by atoms with Gasteiger partial charge in [0.2, 0.25) is 11.8 Å². The lowest BCUT2D eigenvalue weighted by atomic mass is 10.1. The van der Waals surface area contributed by atoms with Crippen molar-refractivity contribution >= 4 is 34.9 Å². The monoisotopic (exact) mass is 422 g/mol. The minimum absolute atomic E-state index is 0.00856. The summed E-state index contributed by atoms with van der Waals surface area (Å²) in [5, 5.41) is 8.99. The van der Waals surface area contributed by atoms with Crippen molar-refractivity contribution in [2.75, 3.05) is 12.3 Å². The SMILES string of the molecule is CCSc1nc(CC(=O)NC2CCC(=O)N(Cc3c(C)noc3C)CC2)cs1. The van der Waals surface area contributed by atoms with Gasteiger partial charge in [-0.25, -0.2) is 4.98 Å². The summed E-state index contributed by atoms with van der Waals surface area (Å²) < 4.78 is 6.20. The molecule has 2 aromatic rings. The van der Waals surface area contributed by atoms with Crippen LogP contribution in [0.5, 0.6) is 0 Å². The number of nitrogens with zero attached hydrogens (tertiary/aromatic N) is 3. The van der Waals surface area contributed by atoms with Crippen molar-refractivity contribution in [3.05, 3.63) is 28.1 Å². The van der Waals surface area contributed by atoms with Crippen LogP contribution in [-0.2, 0) is 22.6 Å². The third-order valence-electron chi connectivity index (χ3n) is 4.84. The molecule has 9 heteroatoms. The van der Waals surface area contributed by atoms with Gasteiger partial charge in [0.1, 0.15) is 10.1 Å². The molecule has 7 nitrogen and oxygen atoms in total. The van der Waals surface area contributed by atoms with Crippen molar-refractivity contribution in [1.82, 2.24) is 20.4 Å². The Balaban J connectivity index is 1.52. The molecule has 1 aliphatic heterocycles. The van der Waals surface area contributed by atoms with Crippen LogP contribution in [0.1, 0.15) is 48.9 Å². The van der Waals surface area contributed by atoms with Crippen LogP contribution in [0, 0.1) is 13.8 Å². The van der Waals surface area contributed by atoms with Crippen molar-refractivity contribution in [1.29, 1.82) is 0 Å². The molecule has 0 saturated carbocycles. The van der Waals surface area contributed by atoms with Gasteiger partial charge in [0.25, 0.3) is 0 Å². The van der Waals surface area contributed by atoms with Gasteiger partial charge in [-0.05, 0) is 32.4 Å². The fourth-order valence-electron chi connectivity index (χ4n) is 3.27. The fourth-order valence-corrected chi connectivity index (χ4v) is 5.01. The molecule has 0 bridgehead atoms. The Morgan fingerprint density at radius 1 is 1.43 bits per heavy atom. The largest absolute Gasteiger partial charge is 0.361 e. The average Bonchev–Trinajstić information content (AvgIpc) is 3.17. The molecule has 0 spiro atoms. The number of thioether (sulfide) groups is 1. The van der Waals surface area contributed by atoms with Gasteiger partial charge in [0.05, 0.1) is 24.4 Å². The van der Waals surface area contributed by atoms with E-state index in [4.69, 9.17) is 4.52 Å². The molecule has 2 aromatic heterocycles. The first-order valence-corrected chi connectivity index (χ1v) is 11.4. The summed E-state index contributed by atoms with van der Waals surface area (Å²) in [5.41, 5.74) is 2.60. The van der Waals surface area contributed by atoms with E-state index >= 15 is 0 Å². The van der Waals surface area contributed by atoms with Gasteiger partial charge in [-0.3, -0.25) is 9.59 Å². The van der Waals surface area contributed by atoms with Crippen molar-refractivity contribution in [2.24, 2.45) is 0 Å². The van der Waals surface area contributed by atoms with Crippen LogP contribution in [0.4, 0.5) is 0 Å². The van der Waals surface area contributed by atoms with E-state index in [1.807, 2.05) is 24.1 Å². The number of likely N-dealkylation sites (tertiary alicyclic amines) is 1. The number of thiazole rings is 1. The molecule has 0 aliphatic carbocycles. The van der Waals surface area contributed by atoms with Gasteiger partial charge >= 0.3 is 0 Å². The normalized spacial score (nSPS) is 17.6. The molecular weight excluding hydrogens is 396 g/mol. The molecule has 1 aliphatic rings. The van der Waals surface area contributed by atoms with E-state index in [1.54, 1.807) is 23.1 Å². The van der Waals surface area contributed by atoms with Crippen molar-refractivity contribution in [3.63, 3.8) is 0 Å². The highest BCUT2D eigenvalue weighted by molar-refractivity contribution is 8.00. The maximum Gasteiger partial charge on any atom is 0.226 e. The number of carbonyl (C=O) groups excluding carboxylic acids is 2. The molecular formula is C19H26N4O3S2. The summed E-state index contributed by atoms with van der Waals surface area (Å²) in [7, 11) is 0. The molecule has 2 amide bonds. The Labute approximate surface area is 173 Å². The van der Waals surface area contributed by atoms with Crippen LogP contribution in [0.2, 0.25) is 0 Å². The highest BCUT2D eigenvalue weighted by Crippen LogP contribution is 2.23. The number of carbonyl (C=O) groups is 2. The second kappa shape index (κ2) is 9.56. The predicted molar refractivity (Wildman–Crippen MR) is 109 cm³/mol. The molecule has 28 heavy (non-hydrogen) atoms. The van der Waals surface area contributed by atoms with Gasteiger partial charge in [0, 0.05) is 30.0 Å². The molecule has 1 unspecified atom stereocenters. The number of hydrogen-bond acceptors (Lipinski definition) is 7. The Bertz CT molecular complexity index is 814. The highest BCUT2D eigenvalue weighted by atomic mass is 32.2. The number of rotatable bonds is 7. The van der Waals surface area contributed by atoms with Crippen molar-refractivity contribution < 1.29 is 14.1 Å². The third kappa shape index (κ3) is 5.35. The van der Waals surface area contributed by atoms with E-state index in [9.17, 15) is 9.59 Å². The van der Waals surface area contributed by atoms with Gasteiger partial charge in [-0.2, -0.15) is 0 Å². The van der Waals surface area contributed by atoms with E-state index in [1.165, 1.54) is 0 Å². The predicted octanol–water partition coefficient (Wildman–Crippen LogP) is 3.10. The van der Waals surface area contributed by atoms with Gasteiger partial charge < -0.3 is 14.7 Å². The average molecular weight is 423 g/mol. The Morgan fingerprint density at radius 3 is 2.96 bits per heavy atom. The van der Waals surface area contributed by atoms with Crippen LogP contribution < -0.4 is 5.32 Å². The lowest BCUT2D eigenvalue weighted by Crippen LogP contribution is -2.36. The topological polar surface area (TPSA) is 88.3 Å². The standard InChI is InChI=1S/C19H26N4O3S2/c1-4-27-19-21-15(11-28-19)9-17(24)20-14-5-6-18(25)23(8-7-14)10-16-12(2)22-26-13(16)3/h11,14H,4-10H2,1-3H3,(H,20,24). The minimum Gasteiger partial charge on any atom is -0.361 e. The molecule has 3 rings (SSSR count). The quantitative estimate of drug-likeness (QED) is 0.690. The number of amides is 2. The van der Waals surface area contributed by atoms with Crippen molar-refractivity contribution in [2.45, 2.75) is 63.4 Å². The molecule has 0 radical (unpaired) electrons.